The predicted molar refractivity (Wildman–Crippen MR) is 211 cm³/mol. The van der Waals surface area contributed by atoms with E-state index in [1.165, 1.54) is 7.11 Å². The predicted octanol–water partition coefficient (Wildman–Crippen LogP) is 8.43. The second kappa shape index (κ2) is 14.6. The highest BCUT2D eigenvalue weighted by Crippen LogP contribution is 2.40. The van der Waals surface area contributed by atoms with Crippen molar-refractivity contribution >= 4 is 50.2 Å². The van der Waals surface area contributed by atoms with Gasteiger partial charge in [-0.1, -0.05) is 69.3 Å². The van der Waals surface area contributed by atoms with Crippen LogP contribution < -0.4 is 5.32 Å². The number of nitrogens with one attached hydrogen (secondary N) is 3. The lowest BCUT2D eigenvalue weighted by atomic mass is 9.91. The number of ether oxygens (including phenoxy) is 1. The summed E-state index contributed by atoms with van der Waals surface area (Å²) in [5, 5.41) is 9.67. The molecule has 3 N–H and O–H groups in total. The minimum Gasteiger partial charge on any atom is -0.453 e. The van der Waals surface area contributed by atoms with Gasteiger partial charge in [-0.3, -0.25) is 9.59 Å². The number of hydrogen-bond donors (Lipinski definition) is 3. The Bertz CT molecular complexity index is 2360. The molecule has 2 saturated heterocycles. The summed E-state index contributed by atoms with van der Waals surface area (Å²) >= 11 is 0. The fourth-order valence-corrected chi connectivity index (χ4v) is 8.50. The molecular weight excluding hydrogens is 679 g/mol. The van der Waals surface area contributed by atoms with Gasteiger partial charge in [0, 0.05) is 30.6 Å². The topological polar surface area (TPSA) is 136 Å². The Morgan fingerprint density at radius 2 is 1.30 bits per heavy atom. The number of likely N-dealkylation sites (tertiary alicyclic amines) is 2. The molecule has 278 valence electrons. The lowest BCUT2D eigenvalue weighted by Crippen LogP contribution is -2.51. The smallest absolute Gasteiger partial charge is 0.407 e. The lowest BCUT2D eigenvalue weighted by Gasteiger charge is -2.30. The third kappa shape index (κ3) is 6.35. The monoisotopic (exact) mass is 725 g/mol. The number of carbonyl (C=O) groups is 3. The Kier molecular flexibility index (Phi) is 9.56. The van der Waals surface area contributed by atoms with Crippen LogP contribution in [0.25, 0.3) is 54.8 Å². The van der Waals surface area contributed by atoms with Gasteiger partial charge in [0.2, 0.25) is 11.8 Å². The molecule has 2 aliphatic rings. The Morgan fingerprint density at radius 1 is 0.778 bits per heavy atom. The number of alkyl carbamates (subject to hydrolysis) is 1. The van der Waals surface area contributed by atoms with E-state index in [-0.39, 0.29) is 29.8 Å². The largest absolute Gasteiger partial charge is 0.453 e. The number of carbonyl (C=O) groups excluding carboxylic acids is 3. The summed E-state index contributed by atoms with van der Waals surface area (Å²) in [6.07, 6.45) is 8.10. The van der Waals surface area contributed by atoms with Crippen molar-refractivity contribution in [1.29, 1.82) is 0 Å². The number of methoxy groups -OCH3 is 1. The number of imidazole rings is 2. The molecule has 0 radical (unpaired) electrons. The maximum atomic E-state index is 13.7. The first-order chi connectivity index (χ1) is 26.2. The Morgan fingerprint density at radius 3 is 1.81 bits per heavy atom. The molecule has 0 saturated carbocycles. The number of nitrogens with zero attached hydrogens (tertiary/aromatic N) is 4. The summed E-state index contributed by atoms with van der Waals surface area (Å²) in [6, 6.07) is 20.8. The number of rotatable bonds is 9. The SMILES string of the molecule is CCCC(=O)N1CCC[C@H]1c1ncc(-c2ccc3c4ccc(-c5cnc([C@@H]6CCCN6C(=O)[C@@H](NC(=O)OC)C(C)C)[nH]5)cc4c4ccccc4c3c2)[nH]1. The third-order valence-electron chi connectivity index (χ3n) is 11.2. The maximum absolute atomic E-state index is 13.7. The Hall–Kier alpha value is -5.71. The van der Waals surface area contributed by atoms with E-state index >= 15 is 0 Å². The molecule has 0 bridgehead atoms. The van der Waals surface area contributed by atoms with Gasteiger partial charge in [0.1, 0.15) is 17.7 Å². The molecule has 6 aromatic rings. The molecule has 11 heteroatoms. The average molecular weight is 726 g/mol. The molecule has 0 unspecified atom stereocenters. The summed E-state index contributed by atoms with van der Waals surface area (Å²) in [4.78, 5) is 59.0. The highest BCUT2D eigenvalue weighted by Gasteiger charge is 2.37. The number of fused-ring (bicyclic) bond motifs is 6. The minimum absolute atomic E-state index is 0.00432. The van der Waals surface area contributed by atoms with Gasteiger partial charge in [-0.05, 0) is 82.5 Å². The third-order valence-corrected chi connectivity index (χ3v) is 11.2. The number of benzene rings is 4. The van der Waals surface area contributed by atoms with Crippen LogP contribution in [0.4, 0.5) is 4.79 Å². The standard InChI is InChI=1S/C43H47N7O4/c1-5-10-38(51)49-19-8-13-36(49)40-44-23-34(46-40)26-15-17-30-31-18-16-27(22-33(31)29-12-7-6-11-28(29)32(30)21-26)35-24-45-41(47-35)37-14-9-20-50(37)42(52)39(25(2)3)48-43(53)54-4/h6-7,11-12,15-18,21-25,36-37,39H,5,8-10,13-14,19-20H2,1-4H3,(H,44,46)(H,45,47)(H,48,53)/t36-,37-,39-/m0/s1. The van der Waals surface area contributed by atoms with E-state index in [4.69, 9.17) is 14.7 Å². The molecule has 2 fully saturated rings. The maximum Gasteiger partial charge on any atom is 0.407 e. The molecule has 3 atom stereocenters. The fraction of sp³-hybridized carbons (Fsp3) is 0.372. The van der Waals surface area contributed by atoms with Gasteiger partial charge in [0.15, 0.2) is 0 Å². The van der Waals surface area contributed by atoms with Crippen molar-refractivity contribution in [2.75, 3.05) is 20.2 Å². The van der Waals surface area contributed by atoms with E-state index in [1.54, 1.807) is 0 Å². The highest BCUT2D eigenvalue weighted by atomic mass is 16.5. The minimum atomic E-state index is -0.686. The molecule has 0 spiro atoms. The average Bonchev–Trinajstić information content (AvgIpc) is 4.03. The molecule has 4 aromatic carbocycles. The molecule has 54 heavy (non-hydrogen) atoms. The van der Waals surface area contributed by atoms with Crippen molar-refractivity contribution in [1.82, 2.24) is 35.1 Å². The molecule has 8 rings (SSSR count). The van der Waals surface area contributed by atoms with Crippen LogP contribution >= 0.6 is 0 Å². The van der Waals surface area contributed by atoms with Gasteiger partial charge in [-0.25, -0.2) is 14.8 Å². The van der Waals surface area contributed by atoms with Crippen molar-refractivity contribution in [2.24, 2.45) is 5.92 Å². The van der Waals surface area contributed by atoms with Crippen LogP contribution in [0.5, 0.6) is 0 Å². The van der Waals surface area contributed by atoms with Gasteiger partial charge in [-0.15, -0.1) is 0 Å². The summed E-state index contributed by atoms with van der Waals surface area (Å²) in [7, 11) is 1.30. The first-order valence-electron chi connectivity index (χ1n) is 19.2. The zero-order chi connectivity index (χ0) is 37.5. The van der Waals surface area contributed by atoms with Crippen molar-refractivity contribution in [3.8, 4) is 22.5 Å². The highest BCUT2D eigenvalue weighted by molar-refractivity contribution is 6.26. The quantitative estimate of drug-likeness (QED) is 0.128. The van der Waals surface area contributed by atoms with Crippen molar-refractivity contribution in [3.05, 3.63) is 84.7 Å². The lowest BCUT2D eigenvalue weighted by molar-refractivity contribution is -0.135. The van der Waals surface area contributed by atoms with Gasteiger partial charge in [0.25, 0.3) is 0 Å². The first kappa shape index (κ1) is 35.3. The Balaban J connectivity index is 1.10. The number of H-pyrrole nitrogens is 2. The number of aromatic nitrogens is 4. The number of aromatic amines is 2. The van der Waals surface area contributed by atoms with Crippen LogP contribution in [-0.2, 0) is 14.3 Å². The van der Waals surface area contributed by atoms with Crippen LogP contribution in [-0.4, -0.2) is 73.9 Å². The second-order valence-electron chi connectivity index (χ2n) is 15.0. The second-order valence-corrected chi connectivity index (χ2v) is 15.0. The molecule has 11 nitrogen and oxygen atoms in total. The van der Waals surface area contributed by atoms with E-state index in [9.17, 15) is 14.4 Å². The van der Waals surface area contributed by atoms with Crippen LogP contribution in [0.3, 0.4) is 0 Å². The van der Waals surface area contributed by atoms with E-state index in [0.717, 1.165) is 105 Å². The fourth-order valence-electron chi connectivity index (χ4n) is 8.50. The van der Waals surface area contributed by atoms with E-state index < -0.39 is 12.1 Å². The van der Waals surface area contributed by atoms with E-state index in [2.05, 4.69) is 75.9 Å². The molecule has 0 aliphatic carbocycles. The van der Waals surface area contributed by atoms with Gasteiger partial charge < -0.3 is 29.8 Å². The van der Waals surface area contributed by atoms with Crippen LogP contribution in [0.2, 0.25) is 0 Å². The molecule has 4 heterocycles. The van der Waals surface area contributed by atoms with Crippen LogP contribution in [0.15, 0.2) is 73.1 Å². The molecule has 2 aliphatic heterocycles. The summed E-state index contributed by atoms with van der Waals surface area (Å²) in [5.74, 6) is 1.57. The molecule has 2 aromatic heterocycles. The number of hydrogen-bond acceptors (Lipinski definition) is 6. The molecular formula is C43H47N7O4. The van der Waals surface area contributed by atoms with Crippen molar-refractivity contribution in [3.63, 3.8) is 0 Å². The van der Waals surface area contributed by atoms with Gasteiger partial charge >= 0.3 is 6.09 Å². The van der Waals surface area contributed by atoms with Gasteiger partial charge in [-0.2, -0.15) is 0 Å². The summed E-state index contributed by atoms with van der Waals surface area (Å²) in [6.45, 7) is 7.26. The van der Waals surface area contributed by atoms with E-state index in [1.807, 2.05) is 43.0 Å². The van der Waals surface area contributed by atoms with Crippen molar-refractivity contribution in [2.45, 2.75) is 77.4 Å². The Labute approximate surface area is 314 Å². The van der Waals surface area contributed by atoms with Gasteiger partial charge in [0.05, 0.1) is 43.0 Å². The summed E-state index contributed by atoms with van der Waals surface area (Å²) in [5.41, 5.74) is 3.88. The van der Waals surface area contributed by atoms with Crippen LogP contribution in [0.1, 0.15) is 83.0 Å². The zero-order valence-electron chi connectivity index (χ0n) is 31.3. The van der Waals surface area contributed by atoms with E-state index in [0.29, 0.717) is 13.0 Å². The first-order valence-corrected chi connectivity index (χ1v) is 19.2. The normalized spacial score (nSPS) is 17.9. The summed E-state index contributed by atoms with van der Waals surface area (Å²) < 4.78 is 4.79. The zero-order valence-corrected chi connectivity index (χ0v) is 31.3. The number of amides is 3. The van der Waals surface area contributed by atoms with Crippen LogP contribution in [0, 0.1) is 5.92 Å². The van der Waals surface area contributed by atoms with Crippen molar-refractivity contribution < 1.29 is 19.1 Å². The molecule has 3 amide bonds.